The number of para-hydroxylation sites is 1. The second-order valence-electron chi connectivity index (χ2n) is 6.58. The van der Waals surface area contributed by atoms with Crippen molar-refractivity contribution in [2.45, 2.75) is 6.92 Å². The highest BCUT2D eigenvalue weighted by molar-refractivity contribution is 5.90. The third-order valence-electron chi connectivity index (χ3n) is 4.24. The Labute approximate surface area is 187 Å². The predicted molar refractivity (Wildman–Crippen MR) is 121 cm³/mol. The van der Waals surface area contributed by atoms with Gasteiger partial charge >= 0.3 is 11.9 Å². The van der Waals surface area contributed by atoms with Crippen LogP contribution in [0.15, 0.2) is 84.9 Å². The van der Waals surface area contributed by atoms with Gasteiger partial charge in [-0.1, -0.05) is 30.3 Å². The van der Waals surface area contributed by atoms with Gasteiger partial charge in [-0.25, -0.2) is 9.59 Å². The Balaban J connectivity index is 1.43. The van der Waals surface area contributed by atoms with Crippen molar-refractivity contribution in [2.24, 2.45) is 0 Å². The second-order valence-corrected chi connectivity index (χ2v) is 6.58. The average Bonchev–Trinajstić information content (AvgIpc) is 2.82. The fraction of sp³-hybridized carbons (Fsp3) is 0.154. The molecule has 164 valence electrons. The van der Waals surface area contributed by atoms with Crippen LogP contribution in [-0.2, 0) is 9.53 Å². The van der Waals surface area contributed by atoms with Crippen LogP contribution in [0.2, 0.25) is 0 Å². The molecule has 0 amide bonds. The summed E-state index contributed by atoms with van der Waals surface area (Å²) in [6.45, 7) is 2.90. The lowest BCUT2D eigenvalue weighted by Crippen LogP contribution is -2.12. The first-order valence-electron chi connectivity index (χ1n) is 10.2. The van der Waals surface area contributed by atoms with E-state index in [9.17, 15) is 9.59 Å². The van der Waals surface area contributed by atoms with Gasteiger partial charge in [-0.15, -0.1) is 0 Å². The maximum Gasteiger partial charge on any atom is 0.338 e. The minimum absolute atomic E-state index is 0.126. The Morgan fingerprint density at radius 3 is 2.09 bits per heavy atom. The van der Waals surface area contributed by atoms with Crippen molar-refractivity contribution in [3.63, 3.8) is 0 Å². The second kappa shape index (κ2) is 12.0. The van der Waals surface area contributed by atoms with Gasteiger partial charge in [0.2, 0.25) is 0 Å². The number of ether oxygens (including phenoxy) is 4. The van der Waals surface area contributed by atoms with Crippen LogP contribution in [-0.4, -0.2) is 31.8 Å². The molecule has 0 fully saturated rings. The first-order chi connectivity index (χ1) is 15.6. The van der Waals surface area contributed by atoms with Crippen LogP contribution in [0, 0.1) is 0 Å². The first kappa shape index (κ1) is 22.6. The fourth-order valence-electron chi connectivity index (χ4n) is 2.71. The highest BCUT2D eigenvalue weighted by Gasteiger charge is 2.08. The van der Waals surface area contributed by atoms with Gasteiger partial charge in [0.1, 0.15) is 30.5 Å². The summed E-state index contributed by atoms with van der Waals surface area (Å²) in [6.07, 6.45) is 2.99. The van der Waals surface area contributed by atoms with Gasteiger partial charge in [0.25, 0.3) is 0 Å². The van der Waals surface area contributed by atoms with Crippen LogP contribution in [0.3, 0.4) is 0 Å². The van der Waals surface area contributed by atoms with Crippen molar-refractivity contribution in [3.8, 4) is 17.2 Å². The normalized spacial score (nSPS) is 10.5. The van der Waals surface area contributed by atoms with Crippen LogP contribution in [0.5, 0.6) is 17.2 Å². The van der Waals surface area contributed by atoms with Crippen molar-refractivity contribution in [3.05, 3.63) is 96.1 Å². The molecule has 0 aromatic heterocycles. The molecule has 0 saturated carbocycles. The molecule has 6 nitrogen and oxygen atoms in total. The summed E-state index contributed by atoms with van der Waals surface area (Å²) in [4.78, 5) is 24.1. The number of carbonyl (C=O) groups excluding carboxylic acids is 2. The summed E-state index contributed by atoms with van der Waals surface area (Å²) in [5.74, 6) is 0.818. The topological polar surface area (TPSA) is 71.1 Å². The highest BCUT2D eigenvalue weighted by Crippen LogP contribution is 2.15. The van der Waals surface area contributed by atoms with E-state index in [-0.39, 0.29) is 13.2 Å². The van der Waals surface area contributed by atoms with E-state index in [2.05, 4.69) is 0 Å². The van der Waals surface area contributed by atoms with Gasteiger partial charge in [0, 0.05) is 6.08 Å². The zero-order valence-corrected chi connectivity index (χ0v) is 17.7. The maximum atomic E-state index is 12.1. The number of carbonyl (C=O) groups is 2. The molecule has 0 bridgehead atoms. The number of hydrogen-bond acceptors (Lipinski definition) is 6. The van der Waals surface area contributed by atoms with Crippen LogP contribution in [0.1, 0.15) is 22.8 Å². The molecule has 0 aliphatic heterocycles. The molecule has 3 rings (SSSR count). The molecule has 0 N–H and O–H groups in total. The van der Waals surface area contributed by atoms with Crippen LogP contribution < -0.4 is 14.2 Å². The van der Waals surface area contributed by atoms with Crippen molar-refractivity contribution in [1.29, 1.82) is 0 Å². The van der Waals surface area contributed by atoms with E-state index in [0.717, 1.165) is 11.3 Å². The molecule has 0 aliphatic rings. The lowest BCUT2D eigenvalue weighted by atomic mass is 10.2. The van der Waals surface area contributed by atoms with Crippen LogP contribution >= 0.6 is 0 Å². The van der Waals surface area contributed by atoms with Crippen molar-refractivity contribution < 1.29 is 28.5 Å². The molecule has 3 aromatic carbocycles. The van der Waals surface area contributed by atoms with Crippen LogP contribution in [0.4, 0.5) is 0 Å². The third-order valence-corrected chi connectivity index (χ3v) is 4.24. The average molecular weight is 432 g/mol. The Kier molecular flexibility index (Phi) is 8.45. The minimum Gasteiger partial charge on any atom is -0.494 e. The van der Waals surface area contributed by atoms with E-state index in [4.69, 9.17) is 18.9 Å². The summed E-state index contributed by atoms with van der Waals surface area (Å²) < 4.78 is 21.3. The maximum absolute atomic E-state index is 12.1. The first-order valence-corrected chi connectivity index (χ1v) is 10.2. The molecule has 0 unspecified atom stereocenters. The molecule has 0 radical (unpaired) electrons. The lowest BCUT2D eigenvalue weighted by molar-refractivity contribution is -0.128. The molecule has 32 heavy (non-hydrogen) atoms. The summed E-state index contributed by atoms with van der Waals surface area (Å²) in [6, 6.07) is 22.8. The van der Waals surface area contributed by atoms with Gasteiger partial charge in [-0.05, 0) is 67.1 Å². The van der Waals surface area contributed by atoms with Gasteiger partial charge in [0.05, 0.1) is 12.2 Å². The Hall–Kier alpha value is -4.06. The minimum atomic E-state index is -0.521. The highest BCUT2D eigenvalue weighted by atomic mass is 16.6. The van der Waals surface area contributed by atoms with E-state index in [1.165, 1.54) is 6.08 Å². The summed E-state index contributed by atoms with van der Waals surface area (Å²) in [7, 11) is 0. The Bertz CT molecular complexity index is 1020. The molecular formula is C26H24O6. The van der Waals surface area contributed by atoms with Crippen LogP contribution in [0.25, 0.3) is 6.08 Å². The number of hydrogen-bond donors (Lipinski definition) is 0. The smallest absolute Gasteiger partial charge is 0.338 e. The molecule has 0 atom stereocenters. The molecular weight excluding hydrogens is 408 g/mol. The summed E-state index contributed by atoms with van der Waals surface area (Å²) in [5.41, 5.74) is 1.20. The van der Waals surface area contributed by atoms with Gasteiger partial charge in [0.15, 0.2) is 0 Å². The van der Waals surface area contributed by atoms with Gasteiger partial charge in [-0.3, -0.25) is 0 Å². The molecule has 6 heteroatoms. The molecule has 0 spiro atoms. The monoisotopic (exact) mass is 432 g/mol. The number of esters is 2. The standard InChI is InChI=1S/C26H24O6/c1-2-29-23-13-8-20(9-14-23)10-17-25(27)32-24-15-11-21(12-16-24)26(28)31-19-18-30-22-6-4-3-5-7-22/h3-17H,2,18-19H2,1H3/b17-10+. The number of benzene rings is 3. The third kappa shape index (κ3) is 7.32. The summed E-state index contributed by atoms with van der Waals surface area (Å²) in [5, 5.41) is 0. The van der Waals surface area contributed by atoms with E-state index < -0.39 is 11.9 Å². The zero-order valence-electron chi connectivity index (χ0n) is 17.7. The molecule has 0 aliphatic carbocycles. The predicted octanol–water partition coefficient (Wildman–Crippen LogP) is 4.94. The van der Waals surface area contributed by atoms with Gasteiger partial charge < -0.3 is 18.9 Å². The largest absolute Gasteiger partial charge is 0.494 e. The quantitative estimate of drug-likeness (QED) is 0.196. The van der Waals surface area contributed by atoms with Crippen molar-refractivity contribution in [1.82, 2.24) is 0 Å². The Morgan fingerprint density at radius 2 is 1.41 bits per heavy atom. The summed E-state index contributed by atoms with van der Waals surface area (Å²) >= 11 is 0. The fourth-order valence-corrected chi connectivity index (χ4v) is 2.71. The van der Waals surface area contributed by atoms with Crippen molar-refractivity contribution in [2.75, 3.05) is 19.8 Å². The van der Waals surface area contributed by atoms with E-state index in [0.29, 0.717) is 23.7 Å². The van der Waals surface area contributed by atoms with E-state index >= 15 is 0 Å². The molecule has 0 saturated heterocycles. The Morgan fingerprint density at radius 1 is 0.750 bits per heavy atom. The number of rotatable bonds is 10. The van der Waals surface area contributed by atoms with E-state index in [1.807, 2.05) is 61.5 Å². The molecule has 0 heterocycles. The van der Waals surface area contributed by atoms with Crippen molar-refractivity contribution >= 4 is 18.0 Å². The van der Waals surface area contributed by atoms with Gasteiger partial charge in [-0.2, -0.15) is 0 Å². The lowest BCUT2D eigenvalue weighted by Gasteiger charge is -2.08. The SMILES string of the molecule is CCOc1ccc(/C=C/C(=O)Oc2ccc(C(=O)OCCOc3ccccc3)cc2)cc1. The van der Waals surface area contributed by atoms with E-state index in [1.54, 1.807) is 30.3 Å². The molecule has 3 aromatic rings. The zero-order chi connectivity index (χ0) is 22.6.